The Bertz CT molecular complexity index is 282. The number of alkyl halides is 6. The van der Waals surface area contributed by atoms with Crippen LogP contribution in [0.25, 0.3) is 0 Å². The maximum atomic E-state index is 11.9. The molecule has 0 bridgehead atoms. The van der Waals surface area contributed by atoms with Gasteiger partial charge in [0.05, 0.1) is 11.1 Å². The molecular weight excluding hydrogens is 304 g/mol. The van der Waals surface area contributed by atoms with Gasteiger partial charge < -0.3 is 6.15 Å². The van der Waals surface area contributed by atoms with Gasteiger partial charge in [-0.2, -0.15) is 26.3 Å². The molecule has 0 radical (unpaired) electrons. The Morgan fingerprint density at radius 3 is 0.938 bits per heavy atom. The van der Waals surface area contributed by atoms with Crippen LogP contribution in [0.4, 0.5) is 26.3 Å². The Labute approximate surface area is 97.8 Å². The molecule has 0 spiro atoms. The van der Waals surface area contributed by atoms with Crippen molar-refractivity contribution in [2.75, 3.05) is 0 Å². The van der Waals surface area contributed by atoms with Crippen LogP contribution in [0, 0.1) is 0 Å². The van der Waals surface area contributed by atoms with Crippen LogP contribution in [0.2, 0.25) is 0 Å². The maximum Gasteiger partial charge on any atom is 0.416 e. The van der Waals surface area contributed by atoms with Gasteiger partial charge in [-0.05, 0) is 24.3 Å². The third-order valence-corrected chi connectivity index (χ3v) is 1.54. The monoisotopic (exact) mass is 311 g/mol. The number of hydrogen-bond donors (Lipinski definition) is 1. The van der Waals surface area contributed by atoms with E-state index in [2.05, 4.69) is 0 Å². The average Bonchev–Trinajstić information content (AvgIpc) is 2.01. The molecule has 0 aliphatic rings. The van der Waals surface area contributed by atoms with E-state index in [0.717, 1.165) is 0 Å². The van der Waals surface area contributed by atoms with Gasteiger partial charge in [-0.3, -0.25) is 0 Å². The lowest BCUT2D eigenvalue weighted by Gasteiger charge is -2.09. The van der Waals surface area contributed by atoms with Gasteiger partial charge in [0.25, 0.3) is 0 Å². The van der Waals surface area contributed by atoms with Crippen molar-refractivity contribution >= 4 is 17.0 Å². The molecule has 3 N–H and O–H groups in total. The van der Waals surface area contributed by atoms with E-state index in [9.17, 15) is 26.3 Å². The van der Waals surface area contributed by atoms with Gasteiger partial charge in [0.2, 0.25) is 0 Å². The molecule has 16 heavy (non-hydrogen) atoms. The number of benzene rings is 1. The summed E-state index contributed by atoms with van der Waals surface area (Å²) < 4.78 is 71.6. The van der Waals surface area contributed by atoms with Crippen molar-refractivity contribution in [3.05, 3.63) is 35.4 Å². The van der Waals surface area contributed by atoms with Crippen molar-refractivity contribution in [2.24, 2.45) is 0 Å². The molecule has 0 atom stereocenters. The van der Waals surface area contributed by atoms with E-state index in [0.29, 0.717) is 24.3 Å². The van der Waals surface area contributed by atoms with Crippen LogP contribution in [-0.2, 0) is 12.4 Å². The zero-order valence-corrected chi connectivity index (χ0v) is 9.41. The summed E-state index contributed by atoms with van der Waals surface area (Å²) in [6.07, 6.45) is -9.21. The molecule has 0 aliphatic carbocycles. The van der Waals surface area contributed by atoms with E-state index < -0.39 is 23.5 Å². The number of halogens is 7. The smallest absolute Gasteiger partial charge is 0.344 e. The topological polar surface area (TPSA) is 35.0 Å². The summed E-state index contributed by atoms with van der Waals surface area (Å²) in [5, 5.41) is 0. The van der Waals surface area contributed by atoms with Crippen LogP contribution in [0.1, 0.15) is 11.1 Å². The molecule has 0 saturated carbocycles. The van der Waals surface area contributed by atoms with Crippen LogP contribution >= 0.6 is 17.0 Å². The predicted molar refractivity (Wildman–Crippen MR) is 51.8 cm³/mol. The lowest BCUT2D eigenvalue weighted by atomic mass is 10.1. The molecule has 8 heteroatoms. The molecule has 0 unspecified atom stereocenters. The first kappa shape index (κ1) is 17.6. The summed E-state index contributed by atoms with van der Waals surface area (Å²) in [7, 11) is 0. The van der Waals surface area contributed by atoms with Crippen molar-refractivity contribution in [1.82, 2.24) is 6.15 Å². The molecular formula is C8H8BrF6N. The summed E-state index contributed by atoms with van der Waals surface area (Å²) in [5.74, 6) is 0. The average molecular weight is 312 g/mol. The number of rotatable bonds is 0. The highest BCUT2D eigenvalue weighted by Crippen LogP contribution is 2.33. The molecule has 0 aliphatic heterocycles. The van der Waals surface area contributed by atoms with Gasteiger partial charge in [0, 0.05) is 0 Å². The summed E-state index contributed by atoms with van der Waals surface area (Å²) in [5.41, 5.74) is -2.18. The highest BCUT2D eigenvalue weighted by molar-refractivity contribution is 8.93. The fourth-order valence-electron chi connectivity index (χ4n) is 0.848. The van der Waals surface area contributed by atoms with E-state index >= 15 is 0 Å². The SMILES string of the molecule is Br.FC(F)(F)c1ccc(C(F)(F)F)cc1.N. The first-order chi connectivity index (χ1) is 6.21. The summed E-state index contributed by atoms with van der Waals surface area (Å²) in [6, 6.07) is 1.62. The zero-order chi connectivity index (χ0) is 11.0. The zero-order valence-electron chi connectivity index (χ0n) is 7.69. The van der Waals surface area contributed by atoms with Gasteiger partial charge in [-0.15, -0.1) is 17.0 Å². The minimum atomic E-state index is -4.61. The first-order valence-corrected chi connectivity index (χ1v) is 3.46. The second-order valence-corrected chi connectivity index (χ2v) is 2.57. The van der Waals surface area contributed by atoms with Crippen molar-refractivity contribution < 1.29 is 26.3 Å². The minimum absolute atomic E-state index is 0. The lowest BCUT2D eigenvalue weighted by Crippen LogP contribution is -2.08. The molecule has 0 fully saturated rings. The van der Waals surface area contributed by atoms with Crippen molar-refractivity contribution in [3.8, 4) is 0 Å². The molecule has 1 aromatic carbocycles. The third kappa shape index (κ3) is 4.40. The molecule has 0 heterocycles. The molecule has 0 amide bonds. The van der Waals surface area contributed by atoms with Crippen LogP contribution in [0.15, 0.2) is 24.3 Å². The molecule has 1 nitrogen and oxygen atoms in total. The van der Waals surface area contributed by atoms with Gasteiger partial charge in [-0.25, -0.2) is 0 Å². The molecule has 94 valence electrons. The Morgan fingerprint density at radius 1 is 0.625 bits per heavy atom. The molecule has 1 aromatic rings. The number of hydrogen-bond acceptors (Lipinski definition) is 1. The highest BCUT2D eigenvalue weighted by Gasteiger charge is 2.33. The normalized spacial score (nSPS) is 11.4. The van der Waals surface area contributed by atoms with Gasteiger partial charge >= 0.3 is 12.4 Å². The van der Waals surface area contributed by atoms with E-state index in [1.807, 2.05) is 0 Å². The second-order valence-electron chi connectivity index (χ2n) is 2.57. The van der Waals surface area contributed by atoms with E-state index in [-0.39, 0.29) is 23.1 Å². The lowest BCUT2D eigenvalue weighted by molar-refractivity contribution is -0.141. The van der Waals surface area contributed by atoms with E-state index in [1.165, 1.54) is 0 Å². The van der Waals surface area contributed by atoms with Gasteiger partial charge in [0.15, 0.2) is 0 Å². The van der Waals surface area contributed by atoms with Crippen molar-refractivity contribution in [1.29, 1.82) is 0 Å². The summed E-state index contributed by atoms with van der Waals surface area (Å²) in [6.45, 7) is 0. The summed E-state index contributed by atoms with van der Waals surface area (Å²) in [4.78, 5) is 0. The van der Waals surface area contributed by atoms with Gasteiger partial charge in [0.1, 0.15) is 0 Å². The van der Waals surface area contributed by atoms with E-state index in [1.54, 1.807) is 0 Å². The van der Waals surface area contributed by atoms with Crippen molar-refractivity contribution in [3.63, 3.8) is 0 Å². The predicted octanol–water partition coefficient (Wildman–Crippen LogP) is 4.46. The maximum absolute atomic E-state index is 11.9. The minimum Gasteiger partial charge on any atom is -0.344 e. The standard InChI is InChI=1S/C8H4F6.BrH.H3N/c9-7(10,11)5-1-2-6(4-3-5)8(12,13)14;;/h1-4H;1H;1H3. The van der Waals surface area contributed by atoms with Crippen LogP contribution in [0.5, 0.6) is 0 Å². The largest absolute Gasteiger partial charge is 0.416 e. The third-order valence-electron chi connectivity index (χ3n) is 1.54. The second kappa shape index (κ2) is 5.53. The van der Waals surface area contributed by atoms with Crippen LogP contribution in [0.3, 0.4) is 0 Å². The first-order valence-electron chi connectivity index (χ1n) is 3.46. The quantitative estimate of drug-likeness (QED) is 0.705. The van der Waals surface area contributed by atoms with Crippen molar-refractivity contribution in [2.45, 2.75) is 12.4 Å². The Balaban J connectivity index is 0. The Morgan fingerprint density at radius 2 is 0.812 bits per heavy atom. The Hall–Kier alpha value is -0.760. The van der Waals surface area contributed by atoms with Gasteiger partial charge in [-0.1, -0.05) is 0 Å². The van der Waals surface area contributed by atoms with E-state index in [4.69, 9.17) is 0 Å². The molecule has 0 saturated heterocycles. The summed E-state index contributed by atoms with van der Waals surface area (Å²) >= 11 is 0. The fraction of sp³-hybridized carbons (Fsp3) is 0.250. The van der Waals surface area contributed by atoms with Crippen LogP contribution < -0.4 is 6.15 Å². The Kier molecular flexibility index (Phi) is 6.10. The molecule has 0 aromatic heterocycles. The van der Waals surface area contributed by atoms with Crippen LogP contribution in [-0.4, -0.2) is 0 Å². The highest BCUT2D eigenvalue weighted by atomic mass is 79.9. The molecule has 1 rings (SSSR count). The fourth-order valence-corrected chi connectivity index (χ4v) is 0.848.